The van der Waals surface area contributed by atoms with Crippen LogP contribution in [0.5, 0.6) is 5.75 Å². The Morgan fingerprint density at radius 3 is 2.61 bits per heavy atom. The van der Waals surface area contributed by atoms with Gasteiger partial charge in [-0.2, -0.15) is 0 Å². The van der Waals surface area contributed by atoms with Gasteiger partial charge in [-0.15, -0.1) is 0 Å². The summed E-state index contributed by atoms with van der Waals surface area (Å²) in [6, 6.07) is 6.33. The lowest BCUT2D eigenvalue weighted by atomic mass is 10.1. The molecule has 6 nitrogen and oxygen atoms in total. The third kappa shape index (κ3) is 4.23. The third-order valence-corrected chi connectivity index (χ3v) is 6.02. The van der Waals surface area contributed by atoms with Gasteiger partial charge in [0, 0.05) is 31.6 Å². The van der Waals surface area contributed by atoms with Crippen molar-refractivity contribution < 1.29 is 17.9 Å². The highest BCUT2D eigenvalue weighted by Crippen LogP contribution is 2.20. The molecule has 1 saturated heterocycles. The van der Waals surface area contributed by atoms with E-state index in [2.05, 4.69) is 5.32 Å². The van der Waals surface area contributed by atoms with Gasteiger partial charge in [0.05, 0.1) is 17.8 Å². The number of methoxy groups -OCH3 is 1. The maximum atomic E-state index is 12.5. The minimum atomic E-state index is -3.50. The van der Waals surface area contributed by atoms with E-state index in [1.165, 1.54) is 19.2 Å². The largest absolute Gasteiger partial charge is 0.497 e. The molecule has 1 amide bonds. The number of carbonyl (C=O) groups is 1. The Balaban J connectivity index is 2.07. The second kappa shape index (κ2) is 7.31. The van der Waals surface area contributed by atoms with Gasteiger partial charge in [-0.25, -0.2) is 8.42 Å². The molecule has 128 valence electrons. The van der Waals surface area contributed by atoms with Crippen LogP contribution >= 0.6 is 0 Å². The number of nitrogens with one attached hydrogen (secondary N) is 1. The lowest BCUT2D eigenvalue weighted by molar-refractivity contribution is -0.137. The number of hydrogen-bond acceptors (Lipinski definition) is 5. The molecule has 1 aromatic carbocycles. The Bertz CT molecular complexity index is 643. The molecule has 7 heteroatoms. The van der Waals surface area contributed by atoms with E-state index in [1.807, 2.05) is 6.92 Å². The zero-order chi connectivity index (χ0) is 17.0. The van der Waals surface area contributed by atoms with Crippen LogP contribution in [0.25, 0.3) is 0 Å². The Morgan fingerprint density at radius 1 is 1.39 bits per heavy atom. The fraction of sp³-hybridized carbons (Fsp3) is 0.562. The van der Waals surface area contributed by atoms with Gasteiger partial charge in [0.2, 0.25) is 5.91 Å². The minimum Gasteiger partial charge on any atom is -0.497 e. The molecule has 0 radical (unpaired) electrons. The summed E-state index contributed by atoms with van der Waals surface area (Å²) in [4.78, 5) is 14.5. The summed E-state index contributed by atoms with van der Waals surface area (Å²) in [6.45, 7) is 5.75. The first-order valence-corrected chi connectivity index (χ1v) is 9.38. The van der Waals surface area contributed by atoms with E-state index in [1.54, 1.807) is 24.0 Å². The van der Waals surface area contributed by atoms with Crippen LogP contribution in [0.2, 0.25) is 0 Å². The molecule has 1 heterocycles. The molecule has 1 N–H and O–H groups in total. The van der Waals surface area contributed by atoms with Gasteiger partial charge in [-0.05, 0) is 31.2 Å². The van der Waals surface area contributed by atoms with Crippen LogP contribution in [-0.2, 0) is 14.6 Å². The second-order valence-corrected chi connectivity index (χ2v) is 7.98. The fourth-order valence-corrected chi connectivity index (χ4v) is 4.28. The molecule has 1 aromatic rings. The zero-order valence-electron chi connectivity index (χ0n) is 13.8. The maximum absolute atomic E-state index is 12.5. The number of benzene rings is 1. The van der Waals surface area contributed by atoms with Crippen molar-refractivity contribution in [3.05, 3.63) is 24.3 Å². The zero-order valence-corrected chi connectivity index (χ0v) is 14.6. The summed E-state index contributed by atoms with van der Waals surface area (Å²) < 4.78 is 30.0. The fourth-order valence-electron chi connectivity index (χ4n) is 2.73. The topological polar surface area (TPSA) is 75.7 Å². The normalized spacial score (nSPS) is 20.1. The van der Waals surface area contributed by atoms with Crippen LogP contribution in [0, 0.1) is 5.92 Å². The van der Waals surface area contributed by atoms with E-state index < -0.39 is 15.8 Å². The Labute approximate surface area is 137 Å². The van der Waals surface area contributed by atoms with Gasteiger partial charge in [-0.1, -0.05) is 6.92 Å². The number of ether oxygens (including phenoxy) is 1. The lowest BCUT2D eigenvalue weighted by Crippen LogP contribution is -2.54. The average molecular weight is 340 g/mol. The highest BCUT2D eigenvalue weighted by molar-refractivity contribution is 7.91. The molecule has 0 spiro atoms. The standard InChI is InChI=1S/C16H24N2O4S/c1-12(16(19)18-9-8-17-10-13(18)2)11-23(20,21)15-6-4-14(22-3)5-7-15/h4-7,12-13,17H,8-11H2,1-3H3/t12-,13-/m0/s1. The van der Waals surface area contributed by atoms with E-state index in [0.717, 1.165) is 13.1 Å². The Morgan fingerprint density at radius 2 is 2.04 bits per heavy atom. The summed E-state index contributed by atoms with van der Waals surface area (Å²) >= 11 is 0. The molecule has 2 atom stereocenters. The Hall–Kier alpha value is -1.60. The van der Waals surface area contributed by atoms with Gasteiger partial charge >= 0.3 is 0 Å². The van der Waals surface area contributed by atoms with Crippen molar-refractivity contribution in [2.24, 2.45) is 5.92 Å². The minimum absolute atomic E-state index is 0.0855. The van der Waals surface area contributed by atoms with Crippen molar-refractivity contribution >= 4 is 15.7 Å². The van der Waals surface area contributed by atoms with E-state index >= 15 is 0 Å². The molecular weight excluding hydrogens is 316 g/mol. The summed E-state index contributed by atoms with van der Waals surface area (Å²) in [5.74, 6) is -0.254. The highest BCUT2D eigenvalue weighted by Gasteiger charge is 2.30. The van der Waals surface area contributed by atoms with E-state index in [4.69, 9.17) is 4.74 Å². The van der Waals surface area contributed by atoms with Crippen LogP contribution in [0.3, 0.4) is 0 Å². The van der Waals surface area contributed by atoms with Crippen molar-refractivity contribution in [1.29, 1.82) is 0 Å². The van der Waals surface area contributed by atoms with Crippen molar-refractivity contribution in [3.8, 4) is 5.75 Å². The molecule has 1 fully saturated rings. The first-order valence-electron chi connectivity index (χ1n) is 7.73. The number of piperazine rings is 1. The molecule has 0 aromatic heterocycles. The molecule has 23 heavy (non-hydrogen) atoms. The van der Waals surface area contributed by atoms with Gasteiger partial charge in [-0.3, -0.25) is 4.79 Å². The highest BCUT2D eigenvalue weighted by atomic mass is 32.2. The number of nitrogens with zero attached hydrogens (tertiary/aromatic N) is 1. The van der Waals surface area contributed by atoms with Crippen molar-refractivity contribution in [1.82, 2.24) is 10.2 Å². The van der Waals surface area contributed by atoms with Crippen molar-refractivity contribution in [2.75, 3.05) is 32.5 Å². The summed E-state index contributed by atoms with van der Waals surface area (Å²) in [6.07, 6.45) is 0. The average Bonchev–Trinajstić information content (AvgIpc) is 2.54. The monoisotopic (exact) mass is 340 g/mol. The van der Waals surface area contributed by atoms with Crippen LogP contribution in [0.15, 0.2) is 29.2 Å². The molecule has 0 saturated carbocycles. The number of amides is 1. The first-order chi connectivity index (χ1) is 10.8. The van der Waals surface area contributed by atoms with Gasteiger partial charge < -0.3 is 15.0 Å². The second-order valence-electron chi connectivity index (χ2n) is 5.94. The quantitative estimate of drug-likeness (QED) is 0.863. The van der Waals surface area contributed by atoms with E-state index in [-0.39, 0.29) is 22.6 Å². The van der Waals surface area contributed by atoms with Gasteiger partial charge in [0.15, 0.2) is 9.84 Å². The van der Waals surface area contributed by atoms with Crippen molar-refractivity contribution in [3.63, 3.8) is 0 Å². The number of carbonyl (C=O) groups excluding carboxylic acids is 1. The van der Waals surface area contributed by atoms with Gasteiger partial charge in [0.1, 0.15) is 5.75 Å². The smallest absolute Gasteiger partial charge is 0.226 e. The SMILES string of the molecule is COc1ccc(S(=O)(=O)C[C@H](C)C(=O)N2CCNC[C@@H]2C)cc1. The maximum Gasteiger partial charge on any atom is 0.226 e. The third-order valence-electron chi connectivity index (χ3n) is 4.09. The van der Waals surface area contributed by atoms with Crippen LogP contribution in [0.4, 0.5) is 0 Å². The van der Waals surface area contributed by atoms with Gasteiger partial charge in [0.25, 0.3) is 0 Å². The molecule has 0 aliphatic carbocycles. The summed E-state index contributed by atoms with van der Waals surface area (Å²) in [5.41, 5.74) is 0. The van der Waals surface area contributed by atoms with E-state index in [0.29, 0.717) is 12.3 Å². The number of sulfone groups is 1. The molecule has 1 aliphatic rings. The van der Waals surface area contributed by atoms with E-state index in [9.17, 15) is 13.2 Å². The molecular formula is C16H24N2O4S. The van der Waals surface area contributed by atoms with Crippen LogP contribution < -0.4 is 10.1 Å². The summed E-state index contributed by atoms with van der Waals surface area (Å²) in [7, 11) is -1.98. The van der Waals surface area contributed by atoms with Crippen molar-refractivity contribution in [2.45, 2.75) is 24.8 Å². The number of hydrogen-bond donors (Lipinski definition) is 1. The molecule has 1 aliphatic heterocycles. The summed E-state index contributed by atoms with van der Waals surface area (Å²) in [5, 5.41) is 3.22. The first kappa shape index (κ1) is 17.7. The number of rotatable bonds is 5. The predicted molar refractivity (Wildman–Crippen MR) is 88.3 cm³/mol. The molecule has 0 unspecified atom stereocenters. The predicted octanol–water partition coefficient (Wildman–Crippen LogP) is 0.925. The van der Waals surface area contributed by atoms with Crippen LogP contribution in [-0.4, -0.2) is 57.8 Å². The molecule has 2 rings (SSSR count). The Kier molecular flexibility index (Phi) is 5.64. The lowest BCUT2D eigenvalue weighted by Gasteiger charge is -2.35. The van der Waals surface area contributed by atoms with Crippen LogP contribution in [0.1, 0.15) is 13.8 Å². The molecule has 0 bridgehead atoms.